The molecule has 1 amide bonds. The molecule has 0 saturated carbocycles. The van der Waals surface area contributed by atoms with Gasteiger partial charge in [-0.1, -0.05) is 6.07 Å². The third kappa shape index (κ3) is 2.88. The van der Waals surface area contributed by atoms with Gasteiger partial charge < -0.3 is 15.2 Å². The average Bonchev–Trinajstić information content (AvgIpc) is 2.92. The van der Waals surface area contributed by atoms with Gasteiger partial charge in [-0.25, -0.2) is 0 Å². The molecule has 1 aromatic rings. The van der Waals surface area contributed by atoms with E-state index in [2.05, 4.69) is 5.32 Å². The molecule has 7 nitrogen and oxygen atoms in total. The maximum atomic E-state index is 12.1. The van der Waals surface area contributed by atoms with Crippen molar-refractivity contribution in [3.63, 3.8) is 0 Å². The van der Waals surface area contributed by atoms with Crippen molar-refractivity contribution in [2.75, 3.05) is 13.2 Å². The van der Waals surface area contributed by atoms with Crippen LogP contribution < -0.4 is 5.32 Å². The van der Waals surface area contributed by atoms with Crippen molar-refractivity contribution in [3.05, 3.63) is 33.9 Å². The fraction of sp³-hybridized carbons (Fsp3) is 0.462. The molecule has 1 heterocycles. The molecule has 1 saturated heterocycles. The van der Waals surface area contributed by atoms with Gasteiger partial charge in [0.25, 0.3) is 5.91 Å². The van der Waals surface area contributed by atoms with Crippen LogP contribution >= 0.6 is 0 Å². The number of carbonyl (C=O) groups excluding carboxylic acids is 1. The number of rotatable bonds is 4. The predicted molar refractivity (Wildman–Crippen MR) is 70.6 cm³/mol. The van der Waals surface area contributed by atoms with Crippen LogP contribution in [0.15, 0.2) is 18.2 Å². The topological polar surface area (TPSA) is 102 Å². The summed E-state index contributed by atoms with van der Waals surface area (Å²) < 4.78 is 5.25. The van der Waals surface area contributed by atoms with Gasteiger partial charge in [-0.15, -0.1) is 0 Å². The zero-order valence-electron chi connectivity index (χ0n) is 11.0. The molecular weight excluding hydrogens is 264 g/mol. The Morgan fingerprint density at radius 1 is 1.60 bits per heavy atom. The zero-order chi connectivity index (χ0) is 14.7. The van der Waals surface area contributed by atoms with Crippen molar-refractivity contribution in [1.29, 1.82) is 0 Å². The van der Waals surface area contributed by atoms with E-state index >= 15 is 0 Å². The van der Waals surface area contributed by atoms with E-state index in [4.69, 9.17) is 4.74 Å². The van der Waals surface area contributed by atoms with Crippen LogP contribution in [-0.2, 0) is 4.74 Å². The predicted octanol–water partition coefficient (Wildman–Crippen LogP) is 1.46. The summed E-state index contributed by atoms with van der Waals surface area (Å²) in [5.41, 5.74) is -0.570. The van der Waals surface area contributed by atoms with Gasteiger partial charge in [0.05, 0.1) is 17.1 Å². The highest BCUT2D eigenvalue weighted by atomic mass is 16.6. The molecule has 2 rings (SSSR count). The number of benzene rings is 1. The first kappa shape index (κ1) is 14.3. The normalized spacial score (nSPS) is 19.6. The lowest BCUT2D eigenvalue weighted by Crippen LogP contribution is -2.38. The summed E-state index contributed by atoms with van der Waals surface area (Å²) in [6.45, 7) is 3.11. The molecule has 0 aliphatic carbocycles. The zero-order valence-corrected chi connectivity index (χ0v) is 11.0. The molecular formula is C13H16N2O5. The number of amides is 1. The Morgan fingerprint density at radius 2 is 2.35 bits per heavy atom. The van der Waals surface area contributed by atoms with Crippen LogP contribution in [0.25, 0.3) is 0 Å². The molecule has 1 aromatic carbocycles. The molecule has 1 fully saturated rings. The number of ether oxygens (including phenoxy) is 1. The van der Waals surface area contributed by atoms with Crippen molar-refractivity contribution in [3.8, 4) is 5.75 Å². The first-order valence-electron chi connectivity index (χ1n) is 6.35. The number of nitro groups is 1. The highest BCUT2D eigenvalue weighted by Crippen LogP contribution is 2.29. The van der Waals surface area contributed by atoms with E-state index in [1.165, 1.54) is 12.1 Å². The fourth-order valence-electron chi connectivity index (χ4n) is 2.21. The largest absolute Gasteiger partial charge is 0.502 e. The number of para-hydroxylation sites is 1. The van der Waals surface area contributed by atoms with E-state index in [1.807, 2.05) is 6.92 Å². The number of nitrogens with zero attached hydrogens (tertiary/aromatic N) is 1. The Kier molecular flexibility index (Phi) is 4.19. The van der Waals surface area contributed by atoms with E-state index in [1.54, 1.807) is 0 Å². The summed E-state index contributed by atoms with van der Waals surface area (Å²) in [6.07, 6.45) is 0.863. The van der Waals surface area contributed by atoms with Gasteiger partial charge in [0, 0.05) is 24.6 Å². The molecule has 20 heavy (non-hydrogen) atoms. The van der Waals surface area contributed by atoms with Gasteiger partial charge in [-0.05, 0) is 19.4 Å². The molecule has 0 spiro atoms. The highest BCUT2D eigenvalue weighted by molar-refractivity contribution is 5.98. The smallest absolute Gasteiger partial charge is 0.311 e. The fourth-order valence-corrected chi connectivity index (χ4v) is 2.21. The standard InChI is InChI=1S/C13H16N2O5/c1-8(9-5-6-20-7-9)14-13(17)10-3-2-4-11(12(10)16)15(18)19/h2-4,8-9,16H,5-7H2,1H3,(H,14,17). The minimum Gasteiger partial charge on any atom is -0.502 e. The second-order valence-corrected chi connectivity index (χ2v) is 4.82. The quantitative estimate of drug-likeness (QED) is 0.642. The Hall–Kier alpha value is -2.15. The van der Waals surface area contributed by atoms with Gasteiger partial charge >= 0.3 is 5.69 Å². The van der Waals surface area contributed by atoms with Crippen molar-refractivity contribution < 1.29 is 19.6 Å². The number of hydrogen-bond acceptors (Lipinski definition) is 5. The molecule has 2 N–H and O–H groups in total. The van der Waals surface area contributed by atoms with E-state index in [0.717, 1.165) is 12.5 Å². The Bertz CT molecular complexity index is 525. The lowest BCUT2D eigenvalue weighted by molar-refractivity contribution is -0.385. The second kappa shape index (κ2) is 5.87. The second-order valence-electron chi connectivity index (χ2n) is 4.82. The van der Waals surface area contributed by atoms with Crippen molar-refractivity contribution in [2.45, 2.75) is 19.4 Å². The van der Waals surface area contributed by atoms with Crippen LogP contribution in [0.2, 0.25) is 0 Å². The monoisotopic (exact) mass is 280 g/mol. The molecule has 1 aliphatic heterocycles. The number of hydrogen-bond donors (Lipinski definition) is 2. The summed E-state index contributed by atoms with van der Waals surface area (Å²) in [6, 6.07) is 3.76. The summed E-state index contributed by atoms with van der Waals surface area (Å²) in [5.74, 6) is -0.907. The van der Waals surface area contributed by atoms with Crippen molar-refractivity contribution in [1.82, 2.24) is 5.32 Å². The van der Waals surface area contributed by atoms with Crippen molar-refractivity contribution in [2.24, 2.45) is 5.92 Å². The Balaban J connectivity index is 2.13. The number of nitro benzene ring substituents is 1. The van der Waals surface area contributed by atoms with Gasteiger partial charge in [0.2, 0.25) is 5.75 Å². The minimum atomic E-state index is -0.722. The van der Waals surface area contributed by atoms with E-state index in [-0.39, 0.29) is 17.5 Å². The number of aromatic hydroxyl groups is 1. The summed E-state index contributed by atoms with van der Waals surface area (Å²) >= 11 is 0. The SMILES string of the molecule is CC(NC(=O)c1cccc([N+](=O)[O-])c1O)C1CCOC1. The Labute approximate surface area is 115 Å². The van der Waals surface area contributed by atoms with Crippen LogP contribution in [-0.4, -0.2) is 35.2 Å². The first-order chi connectivity index (χ1) is 9.50. The van der Waals surface area contributed by atoms with Crippen LogP contribution in [0.5, 0.6) is 5.75 Å². The Morgan fingerprint density at radius 3 is 2.95 bits per heavy atom. The van der Waals surface area contributed by atoms with Crippen molar-refractivity contribution >= 4 is 11.6 Å². The number of phenolic OH excluding ortho intramolecular Hbond substituents is 1. The summed E-state index contributed by atoms with van der Waals surface area (Å²) in [4.78, 5) is 22.1. The third-order valence-corrected chi connectivity index (χ3v) is 3.49. The lowest BCUT2D eigenvalue weighted by Gasteiger charge is -2.19. The van der Waals surface area contributed by atoms with Crippen LogP contribution in [0.3, 0.4) is 0 Å². The third-order valence-electron chi connectivity index (χ3n) is 3.49. The molecule has 2 unspecified atom stereocenters. The maximum absolute atomic E-state index is 12.1. The molecule has 2 atom stereocenters. The molecule has 7 heteroatoms. The molecule has 0 bridgehead atoms. The molecule has 0 aromatic heterocycles. The first-order valence-corrected chi connectivity index (χ1v) is 6.35. The molecule has 1 aliphatic rings. The van der Waals surface area contributed by atoms with Gasteiger partial charge in [0.15, 0.2) is 0 Å². The number of carbonyl (C=O) groups is 1. The minimum absolute atomic E-state index is 0.0926. The number of nitrogens with one attached hydrogen (secondary N) is 1. The van der Waals surface area contributed by atoms with Crippen LogP contribution in [0.4, 0.5) is 5.69 Å². The van der Waals surface area contributed by atoms with E-state index < -0.39 is 22.3 Å². The maximum Gasteiger partial charge on any atom is 0.311 e. The van der Waals surface area contributed by atoms with Crippen LogP contribution in [0, 0.1) is 16.0 Å². The average molecular weight is 280 g/mol. The van der Waals surface area contributed by atoms with E-state index in [9.17, 15) is 20.0 Å². The number of phenols is 1. The van der Waals surface area contributed by atoms with Gasteiger partial charge in [-0.2, -0.15) is 0 Å². The van der Waals surface area contributed by atoms with Crippen LogP contribution in [0.1, 0.15) is 23.7 Å². The van der Waals surface area contributed by atoms with E-state index in [0.29, 0.717) is 13.2 Å². The summed E-state index contributed by atoms with van der Waals surface area (Å²) in [7, 11) is 0. The van der Waals surface area contributed by atoms with Gasteiger partial charge in [0.1, 0.15) is 0 Å². The lowest BCUT2D eigenvalue weighted by atomic mass is 10.0. The molecule has 0 radical (unpaired) electrons. The molecule has 108 valence electrons. The highest BCUT2D eigenvalue weighted by Gasteiger charge is 2.26. The van der Waals surface area contributed by atoms with Gasteiger partial charge in [-0.3, -0.25) is 14.9 Å². The summed E-state index contributed by atoms with van der Waals surface area (Å²) in [5, 5.41) is 23.2.